The van der Waals surface area contributed by atoms with Crippen LogP contribution in [0, 0.1) is 0 Å². The van der Waals surface area contributed by atoms with Gasteiger partial charge in [0, 0.05) is 5.56 Å². The highest BCUT2D eigenvalue weighted by molar-refractivity contribution is 6.37. The molecule has 0 spiro atoms. The van der Waals surface area contributed by atoms with Crippen molar-refractivity contribution in [3.63, 3.8) is 0 Å². The summed E-state index contributed by atoms with van der Waals surface area (Å²) in [5.41, 5.74) is 0.337. The summed E-state index contributed by atoms with van der Waals surface area (Å²) in [5.74, 6) is -0.322. The maximum atomic E-state index is 11.0. The zero-order valence-corrected chi connectivity index (χ0v) is 7.56. The van der Waals surface area contributed by atoms with E-state index in [0.717, 1.165) is 0 Å². The first kappa shape index (κ1) is 9.36. The normalized spacial score (nSPS) is 9.83. The molecule has 64 valence electrons. The molecule has 1 aromatic rings. The average Bonchev–Trinajstić information content (AvgIpc) is 2.03. The predicted molar refractivity (Wildman–Crippen MR) is 48.2 cm³/mol. The first-order valence-electron chi connectivity index (χ1n) is 3.23. The summed E-state index contributed by atoms with van der Waals surface area (Å²) < 4.78 is 0. The molecule has 0 saturated heterocycles. The first-order chi connectivity index (χ1) is 5.65. The van der Waals surface area contributed by atoms with Crippen molar-refractivity contribution in [3.8, 4) is 5.75 Å². The molecule has 0 aliphatic heterocycles. The monoisotopic (exact) mass is 204 g/mol. The Hall–Kier alpha value is -0.730. The summed E-state index contributed by atoms with van der Waals surface area (Å²) >= 11 is 11.0. The number of phenols is 1. The lowest BCUT2D eigenvalue weighted by Gasteiger charge is -2.00. The molecule has 0 aliphatic rings. The molecule has 4 heteroatoms. The number of aromatic hydroxyl groups is 1. The van der Waals surface area contributed by atoms with Crippen molar-refractivity contribution in [2.75, 3.05) is 5.88 Å². The van der Waals surface area contributed by atoms with Gasteiger partial charge in [0.25, 0.3) is 0 Å². The molecule has 1 aromatic carbocycles. The lowest BCUT2D eigenvalue weighted by Crippen LogP contribution is -2.00. The number of hydrogen-bond acceptors (Lipinski definition) is 2. The Morgan fingerprint density at radius 3 is 2.67 bits per heavy atom. The van der Waals surface area contributed by atoms with Crippen molar-refractivity contribution < 1.29 is 9.90 Å². The highest BCUT2D eigenvalue weighted by Crippen LogP contribution is 2.21. The zero-order chi connectivity index (χ0) is 9.14. The third kappa shape index (κ3) is 1.90. The van der Waals surface area contributed by atoms with Crippen molar-refractivity contribution in [1.82, 2.24) is 0 Å². The minimum atomic E-state index is -0.248. The van der Waals surface area contributed by atoms with Crippen LogP contribution in [0.4, 0.5) is 0 Å². The minimum absolute atomic E-state index is 0.0334. The number of Topliss-reactive ketones (excluding diaryl/α,β-unsaturated/α-hetero) is 1. The quantitative estimate of drug-likeness (QED) is 0.594. The molecule has 0 aromatic heterocycles. The van der Waals surface area contributed by atoms with E-state index in [1.807, 2.05) is 0 Å². The molecule has 0 heterocycles. The third-order valence-corrected chi connectivity index (χ3v) is 1.93. The van der Waals surface area contributed by atoms with Crippen LogP contribution in [-0.4, -0.2) is 16.8 Å². The Labute approximate surface area is 79.7 Å². The molecule has 0 aliphatic carbocycles. The maximum Gasteiger partial charge on any atom is 0.179 e. The van der Waals surface area contributed by atoms with Crippen LogP contribution >= 0.6 is 23.2 Å². The largest absolute Gasteiger partial charge is 0.508 e. The van der Waals surface area contributed by atoms with Gasteiger partial charge >= 0.3 is 0 Å². The van der Waals surface area contributed by atoms with Gasteiger partial charge in [0.2, 0.25) is 0 Å². The molecule has 0 fully saturated rings. The van der Waals surface area contributed by atoms with Crippen LogP contribution in [0.15, 0.2) is 18.2 Å². The van der Waals surface area contributed by atoms with E-state index in [4.69, 9.17) is 28.3 Å². The highest BCUT2D eigenvalue weighted by Gasteiger charge is 2.08. The van der Waals surface area contributed by atoms with E-state index in [1.54, 1.807) is 0 Å². The van der Waals surface area contributed by atoms with E-state index in [0.29, 0.717) is 5.56 Å². The molecule has 2 nitrogen and oxygen atoms in total. The number of ketones is 1. The molecule has 0 amide bonds. The Morgan fingerprint density at radius 2 is 2.17 bits per heavy atom. The van der Waals surface area contributed by atoms with Crippen LogP contribution in [0.2, 0.25) is 5.02 Å². The summed E-state index contributed by atoms with van der Waals surface area (Å²) in [7, 11) is 0. The minimum Gasteiger partial charge on any atom is -0.508 e. The van der Waals surface area contributed by atoms with Gasteiger partial charge in [0.05, 0.1) is 10.9 Å². The molecule has 0 saturated carbocycles. The second kappa shape index (κ2) is 3.78. The third-order valence-electron chi connectivity index (χ3n) is 1.37. The van der Waals surface area contributed by atoms with Gasteiger partial charge < -0.3 is 5.11 Å². The summed E-state index contributed by atoms with van der Waals surface area (Å²) in [6.07, 6.45) is 0. The molecular weight excluding hydrogens is 199 g/mol. The van der Waals surface area contributed by atoms with Crippen molar-refractivity contribution in [1.29, 1.82) is 0 Å². The molecule has 0 bridgehead atoms. The van der Waals surface area contributed by atoms with Crippen LogP contribution in [0.5, 0.6) is 5.75 Å². The molecule has 0 atom stereocenters. The predicted octanol–water partition coefficient (Wildman–Crippen LogP) is 2.47. The van der Waals surface area contributed by atoms with E-state index in [2.05, 4.69) is 0 Å². The van der Waals surface area contributed by atoms with Crippen molar-refractivity contribution in [2.24, 2.45) is 0 Å². The fourth-order valence-corrected chi connectivity index (χ4v) is 1.23. The molecule has 0 unspecified atom stereocenters. The van der Waals surface area contributed by atoms with E-state index < -0.39 is 0 Å². The van der Waals surface area contributed by atoms with E-state index in [9.17, 15) is 4.79 Å². The number of phenolic OH excluding ortho intramolecular Hbond substituents is 1. The lowest BCUT2D eigenvalue weighted by atomic mass is 10.1. The number of carbonyl (C=O) groups excluding carboxylic acids is 1. The smallest absolute Gasteiger partial charge is 0.179 e. The number of hydrogen-bond donors (Lipinski definition) is 1. The number of benzene rings is 1. The standard InChI is InChI=1S/C8H6Cl2O2/c9-4-8(12)6-2-1-5(11)3-7(6)10/h1-3,11H,4H2. The van der Waals surface area contributed by atoms with Crippen LogP contribution in [0.25, 0.3) is 0 Å². The van der Waals surface area contributed by atoms with E-state index >= 15 is 0 Å². The van der Waals surface area contributed by atoms with Crippen LogP contribution in [-0.2, 0) is 0 Å². The zero-order valence-electron chi connectivity index (χ0n) is 6.05. The second-order valence-corrected chi connectivity index (χ2v) is 2.90. The molecule has 1 rings (SSSR count). The molecule has 1 N–H and O–H groups in total. The van der Waals surface area contributed by atoms with Gasteiger partial charge in [-0.1, -0.05) is 11.6 Å². The number of carbonyl (C=O) groups is 1. The Bertz CT molecular complexity index is 310. The van der Waals surface area contributed by atoms with Crippen molar-refractivity contribution in [3.05, 3.63) is 28.8 Å². The van der Waals surface area contributed by atoms with Crippen LogP contribution in [0.3, 0.4) is 0 Å². The van der Waals surface area contributed by atoms with Gasteiger partial charge in [0.15, 0.2) is 5.78 Å². The first-order valence-corrected chi connectivity index (χ1v) is 4.14. The number of halogens is 2. The number of rotatable bonds is 2. The van der Waals surface area contributed by atoms with E-state index in [1.165, 1.54) is 18.2 Å². The van der Waals surface area contributed by atoms with Gasteiger partial charge in [-0.05, 0) is 18.2 Å². The fraction of sp³-hybridized carbons (Fsp3) is 0.125. The summed E-state index contributed by atoms with van der Waals surface area (Å²) in [5, 5.41) is 9.19. The summed E-state index contributed by atoms with van der Waals surface area (Å²) in [6.45, 7) is 0. The maximum absolute atomic E-state index is 11.0. The Morgan fingerprint density at radius 1 is 1.50 bits per heavy atom. The van der Waals surface area contributed by atoms with Gasteiger partial charge in [-0.15, -0.1) is 11.6 Å². The SMILES string of the molecule is O=C(CCl)c1ccc(O)cc1Cl. The van der Waals surface area contributed by atoms with Crippen molar-refractivity contribution in [2.45, 2.75) is 0 Å². The van der Waals surface area contributed by atoms with Crippen LogP contribution < -0.4 is 0 Å². The number of alkyl halides is 1. The fourth-order valence-electron chi connectivity index (χ4n) is 0.802. The van der Waals surface area contributed by atoms with Gasteiger partial charge in [-0.2, -0.15) is 0 Å². The summed E-state index contributed by atoms with van der Waals surface area (Å²) in [4.78, 5) is 11.0. The second-order valence-electron chi connectivity index (χ2n) is 2.22. The van der Waals surface area contributed by atoms with Gasteiger partial charge in [-0.25, -0.2) is 0 Å². The average molecular weight is 205 g/mol. The molecule has 0 radical (unpaired) electrons. The van der Waals surface area contributed by atoms with E-state index in [-0.39, 0.29) is 22.4 Å². The topological polar surface area (TPSA) is 37.3 Å². The van der Waals surface area contributed by atoms with Gasteiger partial charge in [0.1, 0.15) is 5.75 Å². The lowest BCUT2D eigenvalue weighted by molar-refractivity contribution is 0.102. The van der Waals surface area contributed by atoms with Gasteiger partial charge in [-0.3, -0.25) is 4.79 Å². The Balaban J connectivity index is 3.09. The Kier molecular flexibility index (Phi) is 2.95. The molecular formula is C8H6Cl2O2. The molecule has 12 heavy (non-hydrogen) atoms. The van der Waals surface area contributed by atoms with Crippen molar-refractivity contribution >= 4 is 29.0 Å². The van der Waals surface area contributed by atoms with Crippen LogP contribution in [0.1, 0.15) is 10.4 Å². The summed E-state index contributed by atoms with van der Waals surface area (Å²) in [6, 6.07) is 4.15. The highest BCUT2D eigenvalue weighted by atomic mass is 35.5.